The van der Waals surface area contributed by atoms with Crippen molar-refractivity contribution in [2.24, 2.45) is 5.92 Å². The number of imidazole rings is 1. The van der Waals surface area contributed by atoms with Crippen LogP contribution >= 0.6 is 0 Å². The summed E-state index contributed by atoms with van der Waals surface area (Å²) in [6.45, 7) is 5.29. The number of nitrogens with zero attached hydrogens (tertiary/aromatic N) is 3. The Morgan fingerprint density at radius 1 is 1.23 bits per heavy atom. The van der Waals surface area contributed by atoms with Crippen LogP contribution in [0.4, 0.5) is 0 Å². The second-order valence-corrected chi connectivity index (χ2v) is 8.73. The van der Waals surface area contributed by atoms with E-state index in [1.807, 2.05) is 18.3 Å². The van der Waals surface area contributed by atoms with Gasteiger partial charge in [-0.2, -0.15) is 0 Å². The summed E-state index contributed by atoms with van der Waals surface area (Å²) in [4.78, 5) is 20.3. The monoisotopic (exact) mass is 411 g/mol. The van der Waals surface area contributed by atoms with E-state index in [4.69, 9.17) is 9.47 Å². The minimum absolute atomic E-state index is 0.302. The lowest BCUT2D eigenvalue weighted by Gasteiger charge is -2.35. The van der Waals surface area contributed by atoms with Gasteiger partial charge in [-0.3, -0.25) is 4.79 Å². The number of aryl methyl sites for hydroxylation is 1. The van der Waals surface area contributed by atoms with E-state index >= 15 is 0 Å². The maximum Gasteiger partial charge on any atom is 0.233 e. The van der Waals surface area contributed by atoms with Gasteiger partial charge in [0.25, 0.3) is 0 Å². The largest absolute Gasteiger partial charge is 0.497 e. The molecule has 2 aliphatic rings. The first-order valence-electron chi connectivity index (χ1n) is 11.0. The fraction of sp³-hybridized carbons (Fsp3) is 0.583. The second-order valence-electron chi connectivity index (χ2n) is 8.73. The number of likely N-dealkylation sites (tertiary alicyclic amines) is 1. The molecule has 0 radical (unpaired) electrons. The van der Waals surface area contributed by atoms with E-state index in [0.29, 0.717) is 18.4 Å². The highest BCUT2D eigenvalue weighted by Gasteiger charge is 2.53. The van der Waals surface area contributed by atoms with Crippen LogP contribution in [-0.4, -0.2) is 54.3 Å². The average molecular weight is 412 g/mol. The Hall–Kier alpha value is -2.34. The molecule has 1 amide bonds. The third-order valence-electron chi connectivity index (χ3n) is 6.74. The van der Waals surface area contributed by atoms with Gasteiger partial charge in [0.05, 0.1) is 19.1 Å². The maximum atomic E-state index is 13.5. The standard InChI is InChI=1S/C24H33N3O3/c1-18-16-25-22(27(18)13-14-29-2)15-19-5-4-12-26(17-19)23(28)24(10-11-24)20-6-8-21(30-3)9-7-20/h6-9,16,19H,4-5,10-15,17H2,1-3H3. The number of aromatic nitrogens is 2. The number of amides is 1. The molecule has 1 aliphatic heterocycles. The van der Waals surface area contributed by atoms with Crippen molar-refractivity contribution in [1.82, 2.24) is 14.5 Å². The highest BCUT2D eigenvalue weighted by atomic mass is 16.5. The molecule has 2 fully saturated rings. The highest BCUT2D eigenvalue weighted by Crippen LogP contribution is 2.50. The first-order chi connectivity index (χ1) is 14.6. The average Bonchev–Trinajstić information content (AvgIpc) is 3.52. The summed E-state index contributed by atoms with van der Waals surface area (Å²) < 4.78 is 12.8. The molecule has 1 atom stereocenters. The minimum Gasteiger partial charge on any atom is -0.497 e. The van der Waals surface area contributed by atoms with E-state index in [1.165, 1.54) is 5.69 Å². The Balaban J connectivity index is 1.43. The lowest BCUT2D eigenvalue weighted by molar-refractivity contribution is -0.135. The van der Waals surface area contributed by atoms with E-state index in [9.17, 15) is 4.79 Å². The second kappa shape index (κ2) is 8.80. The van der Waals surface area contributed by atoms with Gasteiger partial charge >= 0.3 is 0 Å². The molecule has 30 heavy (non-hydrogen) atoms. The number of methoxy groups -OCH3 is 2. The first-order valence-corrected chi connectivity index (χ1v) is 11.0. The van der Waals surface area contributed by atoms with Crippen molar-refractivity contribution in [3.8, 4) is 5.75 Å². The zero-order valence-corrected chi connectivity index (χ0v) is 18.4. The van der Waals surface area contributed by atoms with Crippen LogP contribution in [-0.2, 0) is 27.9 Å². The van der Waals surface area contributed by atoms with Crippen molar-refractivity contribution in [1.29, 1.82) is 0 Å². The van der Waals surface area contributed by atoms with Crippen LogP contribution in [0.1, 0.15) is 42.8 Å². The quantitative estimate of drug-likeness (QED) is 0.668. The lowest BCUT2D eigenvalue weighted by atomic mass is 9.90. The smallest absolute Gasteiger partial charge is 0.233 e. The molecular weight excluding hydrogens is 378 g/mol. The molecule has 0 spiro atoms. The van der Waals surface area contributed by atoms with Gasteiger partial charge in [-0.05, 0) is 56.2 Å². The summed E-state index contributed by atoms with van der Waals surface area (Å²) in [5, 5.41) is 0. The molecular formula is C24H33N3O3. The molecule has 0 bridgehead atoms. The molecule has 2 heterocycles. The van der Waals surface area contributed by atoms with Gasteiger partial charge in [0.1, 0.15) is 11.6 Å². The number of hydrogen-bond donors (Lipinski definition) is 0. The molecule has 1 saturated heterocycles. The van der Waals surface area contributed by atoms with Crippen LogP contribution in [0.15, 0.2) is 30.5 Å². The number of hydrogen-bond acceptors (Lipinski definition) is 4. The third-order valence-corrected chi connectivity index (χ3v) is 6.74. The van der Waals surface area contributed by atoms with Gasteiger partial charge in [0.2, 0.25) is 5.91 Å². The predicted molar refractivity (Wildman–Crippen MR) is 116 cm³/mol. The van der Waals surface area contributed by atoms with Crippen LogP contribution in [0, 0.1) is 12.8 Å². The topological polar surface area (TPSA) is 56.6 Å². The van der Waals surface area contributed by atoms with Gasteiger partial charge in [-0.15, -0.1) is 0 Å². The Bertz CT molecular complexity index is 870. The SMILES string of the molecule is COCCn1c(C)cnc1CC1CCCN(C(=O)C2(c3ccc(OC)cc3)CC2)C1. The first kappa shape index (κ1) is 20.9. The maximum absolute atomic E-state index is 13.5. The number of rotatable bonds is 8. The van der Waals surface area contributed by atoms with E-state index in [0.717, 1.165) is 68.9 Å². The molecule has 6 nitrogen and oxygen atoms in total. The molecule has 1 aromatic heterocycles. The molecule has 1 aliphatic carbocycles. The Morgan fingerprint density at radius 2 is 2.00 bits per heavy atom. The summed E-state index contributed by atoms with van der Waals surface area (Å²) in [5.74, 6) is 2.70. The summed E-state index contributed by atoms with van der Waals surface area (Å²) in [6.07, 6.45) is 6.96. The summed E-state index contributed by atoms with van der Waals surface area (Å²) in [7, 11) is 3.40. The number of benzene rings is 1. The van der Waals surface area contributed by atoms with E-state index in [1.54, 1.807) is 14.2 Å². The highest BCUT2D eigenvalue weighted by molar-refractivity contribution is 5.91. The summed E-state index contributed by atoms with van der Waals surface area (Å²) in [6, 6.07) is 8.04. The van der Waals surface area contributed by atoms with Gasteiger partial charge < -0.3 is 18.9 Å². The van der Waals surface area contributed by atoms with Crippen LogP contribution in [0.3, 0.4) is 0 Å². The molecule has 1 unspecified atom stereocenters. The van der Waals surface area contributed by atoms with Crippen LogP contribution in [0.2, 0.25) is 0 Å². The molecule has 2 aromatic rings. The number of piperidine rings is 1. The van der Waals surface area contributed by atoms with Crippen LogP contribution in [0.25, 0.3) is 0 Å². The zero-order valence-electron chi connectivity index (χ0n) is 18.4. The van der Waals surface area contributed by atoms with Crippen molar-refractivity contribution in [3.05, 3.63) is 47.5 Å². The fourth-order valence-electron chi connectivity index (χ4n) is 4.80. The predicted octanol–water partition coefficient (Wildman–Crippen LogP) is 3.36. The van der Waals surface area contributed by atoms with Crippen molar-refractivity contribution in [3.63, 3.8) is 0 Å². The van der Waals surface area contributed by atoms with E-state index in [-0.39, 0.29) is 5.41 Å². The van der Waals surface area contributed by atoms with Crippen LogP contribution < -0.4 is 4.74 Å². The van der Waals surface area contributed by atoms with Crippen molar-refractivity contribution in [2.45, 2.75) is 51.0 Å². The lowest BCUT2D eigenvalue weighted by Crippen LogP contribution is -2.45. The molecule has 1 aromatic carbocycles. The minimum atomic E-state index is -0.318. The molecule has 4 rings (SSSR count). The zero-order chi connectivity index (χ0) is 21.1. The van der Waals surface area contributed by atoms with Crippen molar-refractivity contribution in [2.75, 3.05) is 33.9 Å². The number of carbonyl (C=O) groups excluding carboxylic acids is 1. The van der Waals surface area contributed by atoms with Gasteiger partial charge in [0, 0.05) is 45.1 Å². The molecule has 0 N–H and O–H groups in total. The fourth-order valence-corrected chi connectivity index (χ4v) is 4.80. The summed E-state index contributed by atoms with van der Waals surface area (Å²) in [5.41, 5.74) is 1.98. The molecule has 1 saturated carbocycles. The van der Waals surface area contributed by atoms with Gasteiger partial charge in [-0.1, -0.05) is 12.1 Å². The van der Waals surface area contributed by atoms with Crippen LogP contribution in [0.5, 0.6) is 5.75 Å². The number of ether oxygens (including phenoxy) is 2. The third kappa shape index (κ3) is 4.10. The van der Waals surface area contributed by atoms with Gasteiger partial charge in [-0.25, -0.2) is 4.98 Å². The van der Waals surface area contributed by atoms with Crippen molar-refractivity contribution < 1.29 is 14.3 Å². The Labute approximate surface area is 179 Å². The van der Waals surface area contributed by atoms with E-state index in [2.05, 4.69) is 33.5 Å². The number of carbonyl (C=O) groups is 1. The Kier molecular flexibility index (Phi) is 6.14. The van der Waals surface area contributed by atoms with E-state index < -0.39 is 0 Å². The van der Waals surface area contributed by atoms with Crippen molar-refractivity contribution >= 4 is 5.91 Å². The Morgan fingerprint density at radius 3 is 2.67 bits per heavy atom. The molecule has 6 heteroatoms. The normalized spacial score (nSPS) is 20.2. The molecule has 162 valence electrons. The van der Waals surface area contributed by atoms with Gasteiger partial charge in [0.15, 0.2) is 0 Å². The summed E-state index contributed by atoms with van der Waals surface area (Å²) >= 11 is 0.